The second-order valence-electron chi connectivity index (χ2n) is 1.24. The zero-order chi connectivity index (χ0) is 4.57. The van der Waals surface area contributed by atoms with Gasteiger partial charge in [0.15, 0.2) is 0 Å². The van der Waals surface area contributed by atoms with Crippen molar-refractivity contribution in [2.24, 2.45) is 0 Å². The molecule has 1 rings (SSSR count). The number of hydrogen-bond acceptors (Lipinski definition) is 0. The molecule has 0 spiro atoms. The fourth-order valence-electron chi connectivity index (χ4n) is 0.343. The lowest BCUT2D eigenvalue weighted by molar-refractivity contribution is 1.70. The number of rotatable bonds is 0. The molecule has 0 aliphatic carbocycles. The van der Waals surface area contributed by atoms with Gasteiger partial charge in [-0.15, -0.1) is 0 Å². The average molecular weight is 116 g/mol. The molecule has 0 saturated carbocycles. The first-order valence-corrected chi connectivity index (χ1v) is 4.10. The van der Waals surface area contributed by atoms with Crippen molar-refractivity contribution in [2.45, 2.75) is 6.92 Å². The first kappa shape index (κ1) is 4.50. The molecule has 6 heavy (non-hydrogen) atoms. The molecule has 0 fully saturated rings. The summed E-state index contributed by atoms with van der Waals surface area (Å²) in [7, 11) is 2.99. The molecule has 1 aromatic rings. The molecule has 0 nitrogen and oxygen atoms in total. The van der Waals surface area contributed by atoms with Crippen molar-refractivity contribution in [1.82, 2.24) is 0 Å². The maximum absolute atomic E-state index is 2.19. The molecule has 32 valence electrons. The molecule has 0 bridgehead atoms. The SMILES string of the molecule is CP=c1pc1C. The van der Waals surface area contributed by atoms with Crippen LogP contribution in [0.2, 0.25) is 0 Å². The van der Waals surface area contributed by atoms with Crippen LogP contribution < -0.4 is 0 Å². The first-order valence-electron chi connectivity index (χ1n) is 1.87. The van der Waals surface area contributed by atoms with Gasteiger partial charge in [0.1, 0.15) is 0 Å². The van der Waals surface area contributed by atoms with Gasteiger partial charge in [-0.25, -0.2) is 0 Å². The summed E-state index contributed by atoms with van der Waals surface area (Å²) < 4.78 is 1.62. The second kappa shape index (κ2) is 1.45. The monoisotopic (exact) mass is 116 g/mol. The lowest BCUT2D eigenvalue weighted by atomic mass is 10.7. The smallest absolute Gasteiger partial charge is 0.0324 e. The van der Waals surface area contributed by atoms with E-state index in [9.17, 15) is 0 Å². The molecule has 0 aliphatic heterocycles. The third kappa shape index (κ3) is 0.696. The van der Waals surface area contributed by atoms with E-state index in [1.54, 1.807) is 9.97 Å². The van der Waals surface area contributed by atoms with Crippen molar-refractivity contribution in [1.29, 1.82) is 0 Å². The maximum Gasteiger partial charge on any atom is 0.0324 e. The Hall–Kier alpha value is 0.340. The number of aryl methyl sites for hydroxylation is 1. The molecule has 0 atom stereocenters. The Bertz CT molecular complexity index is 157. The summed E-state index contributed by atoms with van der Waals surface area (Å²) in [5, 5.41) is 1.58. The van der Waals surface area contributed by atoms with Crippen molar-refractivity contribution < 1.29 is 0 Å². The van der Waals surface area contributed by atoms with E-state index in [1.807, 2.05) is 0 Å². The van der Waals surface area contributed by atoms with Crippen LogP contribution in [0.5, 0.6) is 0 Å². The van der Waals surface area contributed by atoms with Gasteiger partial charge in [-0.2, -0.15) is 0 Å². The van der Waals surface area contributed by atoms with E-state index >= 15 is 0 Å². The van der Waals surface area contributed by atoms with Gasteiger partial charge in [0, 0.05) is 4.67 Å². The molecule has 1 heterocycles. The highest BCUT2D eigenvalue weighted by molar-refractivity contribution is 7.48. The van der Waals surface area contributed by atoms with Gasteiger partial charge in [0.2, 0.25) is 0 Å². The van der Waals surface area contributed by atoms with Crippen LogP contribution in [0.3, 0.4) is 0 Å². The second-order valence-corrected chi connectivity index (χ2v) is 3.83. The third-order valence-electron chi connectivity index (χ3n) is 0.759. The highest BCUT2D eigenvalue weighted by Gasteiger charge is 1.93. The predicted molar refractivity (Wildman–Crippen MR) is 32.2 cm³/mol. The predicted octanol–water partition coefficient (Wildman–Crippen LogP) is 2.56. The standard InChI is InChI=1S/C4H6P2/c1-3-4(5-2)6-3/h1-2H3. The molecule has 0 aliphatic rings. The van der Waals surface area contributed by atoms with E-state index in [4.69, 9.17) is 0 Å². The lowest BCUT2D eigenvalue weighted by Crippen LogP contribution is -1.29. The minimum atomic E-state index is 1.47. The highest BCUT2D eigenvalue weighted by Crippen LogP contribution is 2.31. The van der Waals surface area contributed by atoms with Crippen molar-refractivity contribution >= 4 is 16.4 Å². The minimum Gasteiger partial charge on any atom is -0.0942 e. The molecule has 0 saturated heterocycles. The first-order chi connectivity index (χ1) is 2.84. The molecule has 0 N–H and O–H groups in total. The van der Waals surface area contributed by atoms with Crippen molar-refractivity contribution in [3.8, 4) is 0 Å². The van der Waals surface area contributed by atoms with Gasteiger partial charge >= 0.3 is 0 Å². The maximum atomic E-state index is 2.19. The molecule has 0 radical (unpaired) electrons. The summed E-state index contributed by atoms with van der Waals surface area (Å²) in [4.78, 5) is 0. The Kier molecular flexibility index (Phi) is 1.08. The zero-order valence-corrected chi connectivity index (χ0v) is 5.68. The highest BCUT2D eigenvalue weighted by atomic mass is 31.1. The van der Waals surface area contributed by atoms with Crippen LogP contribution in [0.15, 0.2) is 0 Å². The van der Waals surface area contributed by atoms with Gasteiger partial charge in [-0.05, 0) is 18.9 Å². The van der Waals surface area contributed by atoms with Gasteiger partial charge in [0.05, 0.1) is 0 Å². The van der Waals surface area contributed by atoms with Crippen LogP contribution in [0.25, 0.3) is 0 Å². The Morgan fingerprint density at radius 2 is 2.17 bits per heavy atom. The van der Waals surface area contributed by atoms with E-state index in [0.717, 1.165) is 0 Å². The van der Waals surface area contributed by atoms with Gasteiger partial charge < -0.3 is 0 Å². The minimum absolute atomic E-state index is 1.47. The molecule has 2 heteroatoms. The van der Waals surface area contributed by atoms with Gasteiger partial charge in [0.25, 0.3) is 0 Å². The fraction of sp³-hybridized carbons (Fsp3) is 0.500. The van der Waals surface area contributed by atoms with Crippen LogP contribution in [0.4, 0.5) is 0 Å². The fourth-order valence-corrected chi connectivity index (χ4v) is 2.08. The van der Waals surface area contributed by atoms with E-state index in [2.05, 4.69) is 13.6 Å². The Balaban J connectivity index is 2.94. The summed E-state index contributed by atoms with van der Waals surface area (Å²) in [6, 6.07) is 0. The molecule has 0 aromatic carbocycles. The normalized spacial score (nSPS) is 15.3. The van der Waals surface area contributed by atoms with E-state index in [1.165, 1.54) is 16.4 Å². The largest absolute Gasteiger partial charge is 0.0942 e. The van der Waals surface area contributed by atoms with Crippen LogP contribution in [0, 0.1) is 11.6 Å². The average Bonchev–Trinajstić information content (AvgIpc) is 2.19. The summed E-state index contributed by atoms with van der Waals surface area (Å²) in [5.41, 5.74) is 0. The summed E-state index contributed by atoms with van der Waals surface area (Å²) in [5.74, 6) is 0. The molecule has 1 aromatic heterocycles. The van der Waals surface area contributed by atoms with Gasteiger partial charge in [-0.3, -0.25) is 0 Å². The third-order valence-corrected chi connectivity index (χ3v) is 3.48. The van der Waals surface area contributed by atoms with Crippen LogP contribution in [-0.4, -0.2) is 6.66 Å². The zero-order valence-electron chi connectivity index (χ0n) is 3.89. The quantitative estimate of drug-likeness (QED) is 0.457. The Morgan fingerprint density at radius 3 is 2.17 bits per heavy atom. The summed E-state index contributed by atoms with van der Waals surface area (Å²) in [6.07, 6.45) is 0. The van der Waals surface area contributed by atoms with Crippen LogP contribution in [0.1, 0.15) is 5.30 Å². The number of hydrogen-bond donors (Lipinski definition) is 0. The molecule has 0 unspecified atom stereocenters. The van der Waals surface area contributed by atoms with E-state index < -0.39 is 0 Å². The lowest BCUT2D eigenvalue weighted by Gasteiger charge is -1.49. The van der Waals surface area contributed by atoms with Crippen molar-refractivity contribution in [2.75, 3.05) is 6.66 Å². The van der Waals surface area contributed by atoms with Crippen molar-refractivity contribution in [3.63, 3.8) is 0 Å². The summed E-state index contributed by atoms with van der Waals surface area (Å²) >= 11 is 0. The van der Waals surface area contributed by atoms with E-state index in [0.29, 0.717) is 0 Å². The molecule has 0 amide bonds. The molecular weight excluding hydrogens is 110 g/mol. The Morgan fingerprint density at radius 1 is 1.67 bits per heavy atom. The van der Waals surface area contributed by atoms with Crippen LogP contribution in [-0.2, 0) is 0 Å². The topological polar surface area (TPSA) is 0 Å². The van der Waals surface area contributed by atoms with Crippen LogP contribution >= 0.6 is 16.4 Å². The summed E-state index contributed by atoms with van der Waals surface area (Å²) in [6.45, 7) is 4.37. The van der Waals surface area contributed by atoms with Crippen molar-refractivity contribution in [3.05, 3.63) is 9.97 Å². The van der Waals surface area contributed by atoms with Gasteiger partial charge in [-0.1, -0.05) is 16.4 Å². The van der Waals surface area contributed by atoms with E-state index in [-0.39, 0.29) is 0 Å². The molecular formula is C4H6P2. The Labute approximate surface area is 40.8 Å².